The molecule has 1 aromatic heterocycles. The summed E-state index contributed by atoms with van der Waals surface area (Å²) < 4.78 is 12.7. The molecule has 2 fully saturated rings. The molecular formula is C15H15NO5. The summed E-state index contributed by atoms with van der Waals surface area (Å²) in [4.78, 5) is 12.6. The van der Waals surface area contributed by atoms with Crippen molar-refractivity contribution in [1.29, 1.82) is 0 Å². The zero-order valence-electron chi connectivity index (χ0n) is 11.2. The number of aromatic nitrogens is 1. The van der Waals surface area contributed by atoms with Crippen molar-refractivity contribution in [2.75, 3.05) is 13.2 Å². The van der Waals surface area contributed by atoms with Crippen molar-refractivity contribution in [3.63, 3.8) is 0 Å². The van der Waals surface area contributed by atoms with Crippen LogP contribution < -0.4 is 5.56 Å². The van der Waals surface area contributed by atoms with Gasteiger partial charge in [-0.15, -0.1) is 0 Å². The molecular weight excluding hydrogens is 274 g/mol. The molecule has 2 aliphatic rings. The zero-order valence-corrected chi connectivity index (χ0v) is 11.2. The normalized spacial score (nSPS) is 34.7. The minimum Gasteiger partial charge on any atom is -0.393 e. The van der Waals surface area contributed by atoms with E-state index >= 15 is 0 Å². The Morgan fingerprint density at radius 3 is 2.90 bits per heavy atom. The van der Waals surface area contributed by atoms with Crippen LogP contribution in [0.5, 0.6) is 0 Å². The molecule has 21 heavy (non-hydrogen) atoms. The molecule has 1 aromatic carbocycles. The van der Waals surface area contributed by atoms with Gasteiger partial charge in [0.05, 0.1) is 13.2 Å². The molecule has 0 saturated carbocycles. The molecule has 4 atom stereocenters. The first-order chi connectivity index (χ1) is 10.2. The van der Waals surface area contributed by atoms with Crippen LogP contribution in [0.2, 0.25) is 0 Å². The van der Waals surface area contributed by atoms with Crippen molar-refractivity contribution >= 4 is 10.8 Å². The number of pyridine rings is 1. The quantitative estimate of drug-likeness (QED) is 0.814. The molecule has 6 nitrogen and oxygen atoms in total. The Labute approximate surface area is 120 Å². The van der Waals surface area contributed by atoms with E-state index in [9.17, 15) is 15.0 Å². The van der Waals surface area contributed by atoms with Gasteiger partial charge in [0.15, 0.2) is 6.23 Å². The summed E-state index contributed by atoms with van der Waals surface area (Å²) in [5.74, 6) is 0. The van der Waals surface area contributed by atoms with Crippen molar-refractivity contribution in [1.82, 2.24) is 4.57 Å². The van der Waals surface area contributed by atoms with Crippen LogP contribution in [0.15, 0.2) is 41.3 Å². The highest BCUT2D eigenvalue weighted by Crippen LogP contribution is 2.44. The van der Waals surface area contributed by atoms with E-state index in [4.69, 9.17) is 9.47 Å². The lowest BCUT2D eigenvalue weighted by Crippen LogP contribution is -2.44. The van der Waals surface area contributed by atoms with E-state index in [-0.39, 0.29) is 18.8 Å². The fourth-order valence-electron chi connectivity index (χ4n) is 3.16. The van der Waals surface area contributed by atoms with Crippen LogP contribution in [0.25, 0.3) is 10.8 Å². The summed E-state index contributed by atoms with van der Waals surface area (Å²) in [7, 11) is 0. The van der Waals surface area contributed by atoms with Crippen LogP contribution in [0.4, 0.5) is 0 Å². The maximum absolute atomic E-state index is 12.6. The number of hydrogen-bond acceptors (Lipinski definition) is 5. The van der Waals surface area contributed by atoms with Crippen LogP contribution in [0, 0.1) is 0 Å². The lowest BCUT2D eigenvalue weighted by Gasteiger charge is -2.29. The highest BCUT2D eigenvalue weighted by atomic mass is 16.7. The summed E-state index contributed by atoms with van der Waals surface area (Å²) in [5.41, 5.74) is -1.32. The molecule has 4 unspecified atom stereocenters. The van der Waals surface area contributed by atoms with Crippen LogP contribution >= 0.6 is 0 Å². The summed E-state index contributed by atoms with van der Waals surface area (Å²) in [6, 6.07) is 9.11. The Morgan fingerprint density at radius 1 is 1.33 bits per heavy atom. The SMILES string of the molecule is O=c1c2ccccc2ccn1C1OC2(CO)COC1C2O. The van der Waals surface area contributed by atoms with E-state index in [2.05, 4.69) is 0 Å². The lowest BCUT2D eigenvalue weighted by atomic mass is 10.0. The summed E-state index contributed by atoms with van der Waals surface area (Å²) in [5, 5.41) is 21.1. The first kappa shape index (κ1) is 13.0. The number of hydrogen-bond donors (Lipinski definition) is 2. The van der Waals surface area contributed by atoms with Gasteiger partial charge in [-0.25, -0.2) is 0 Å². The summed E-state index contributed by atoms with van der Waals surface area (Å²) >= 11 is 0. The van der Waals surface area contributed by atoms with E-state index in [1.54, 1.807) is 18.3 Å². The van der Waals surface area contributed by atoms with Gasteiger partial charge in [-0.2, -0.15) is 0 Å². The fraction of sp³-hybridized carbons (Fsp3) is 0.400. The predicted molar refractivity (Wildman–Crippen MR) is 73.9 cm³/mol. The van der Waals surface area contributed by atoms with Crippen LogP contribution in [0.1, 0.15) is 6.23 Å². The smallest absolute Gasteiger partial charge is 0.260 e. The van der Waals surface area contributed by atoms with Crippen molar-refractivity contribution in [2.24, 2.45) is 0 Å². The molecule has 0 radical (unpaired) electrons. The zero-order chi connectivity index (χ0) is 14.6. The molecule has 3 heterocycles. The Hall–Kier alpha value is -1.73. The molecule has 2 N–H and O–H groups in total. The van der Waals surface area contributed by atoms with Crippen molar-refractivity contribution in [3.05, 3.63) is 46.9 Å². The fourth-order valence-corrected chi connectivity index (χ4v) is 3.16. The number of benzene rings is 1. The van der Waals surface area contributed by atoms with Crippen molar-refractivity contribution in [2.45, 2.75) is 24.0 Å². The van der Waals surface area contributed by atoms with E-state index in [1.165, 1.54) is 4.57 Å². The monoisotopic (exact) mass is 289 g/mol. The molecule has 6 heteroatoms. The minimum atomic E-state index is -1.12. The molecule has 2 saturated heterocycles. The van der Waals surface area contributed by atoms with Gasteiger partial charge < -0.3 is 19.7 Å². The minimum absolute atomic E-state index is 0.133. The van der Waals surface area contributed by atoms with Gasteiger partial charge in [0.1, 0.15) is 17.8 Å². The molecule has 110 valence electrons. The van der Waals surface area contributed by atoms with Gasteiger partial charge in [-0.1, -0.05) is 18.2 Å². The third-order valence-corrected chi connectivity index (χ3v) is 4.39. The predicted octanol–water partition coefficient (Wildman–Crippen LogP) is 0.0211. The molecule has 0 aliphatic carbocycles. The molecule has 4 rings (SSSR count). The number of nitrogens with zero attached hydrogens (tertiary/aromatic N) is 1. The molecule has 2 bridgehead atoms. The van der Waals surface area contributed by atoms with Crippen LogP contribution in [-0.2, 0) is 9.47 Å². The van der Waals surface area contributed by atoms with Gasteiger partial charge in [-0.3, -0.25) is 9.36 Å². The van der Waals surface area contributed by atoms with Gasteiger partial charge in [-0.05, 0) is 17.5 Å². The van der Waals surface area contributed by atoms with E-state index in [0.29, 0.717) is 5.39 Å². The van der Waals surface area contributed by atoms with Crippen LogP contribution in [-0.4, -0.2) is 45.8 Å². The Morgan fingerprint density at radius 2 is 2.14 bits per heavy atom. The second kappa shape index (κ2) is 4.38. The highest BCUT2D eigenvalue weighted by Gasteiger charge is 2.61. The first-order valence-electron chi connectivity index (χ1n) is 6.84. The maximum atomic E-state index is 12.6. The summed E-state index contributed by atoms with van der Waals surface area (Å²) in [6.45, 7) is -0.211. The number of ether oxygens (including phenoxy) is 2. The number of aliphatic hydroxyl groups is 2. The Bertz CT molecular complexity index is 757. The number of fused-ring (bicyclic) bond motifs is 3. The molecule has 0 amide bonds. The van der Waals surface area contributed by atoms with Gasteiger partial charge >= 0.3 is 0 Å². The molecule has 2 aliphatic heterocycles. The molecule has 2 aromatic rings. The Balaban J connectivity index is 1.82. The average molecular weight is 289 g/mol. The van der Waals surface area contributed by atoms with E-state index in [1.807, 2.05) is 18.2 Å². The standard InChI is InChI=1S/C15H15NO5/c17-7-15-8-20-11(12(15)18)14(21-15)16-6-5-9-3-1-2-4-10(9)13(16)19/h1-6,11-12,14,17-18H,7-8H2. The van der Waals surface area contributed by atoms with Gasteiger partial charge in [0.25, 0.3) is 5.56 Å². The van der Waals surface area contributed by atoms with Gasteiger partial charge in [0, 0.05) is 11.6 Å². The lowest BCUT2D eigenvalue weighted by molar-refractivity contribution is -0.187. The topological polar surface area (TPSA) is 80.9 Å². The third-order valence-electron chi connectivity index (χ3n) is 4.39. The van der Waals surface area contributed by atoms with E-state index < -0.39 is 24.0 Å². The molecule has 0 spiro atoms. The highest BCUT2D eigenvalue weighted by molar-refractivity contribution is 5.81. The third kappa shape index (κ3) is 1.64. The van der Waals surface area contributed by atoms with E-state index in [0.717, 1.165) is 5.39 Å². The number of aliphatic hydroxyl groups excluding tert-OH is 2. The average Bonchev–Trinajstić information content (AvgIpc) is 2.99. The number of rotatable bonds is 2. The Kier molecular flexibility index (Phi) is 2.71. The van der Waals surface area contributed by atoms with Crippen LogP contribution in [0.3, 0.4) is 0 Å². The van der Waals surface area contributed by atoms with Gasteiger partial charge in [0.2, 0.25) is 0 Å². The largest absolute Gasteiger partial charge is 0.393 e. The second-order valence-corrected chi connectivity index (χ2v) is 5.57. The summed E-state index contributed by atoms with van der Waals surface area (Å²) in [6.07, 6.45) is -0.670. The maximum Gasteiger partial charge on any atom is 0.260 e. The van der Waals surface area contributed by atoms with Crippen molar-refractivity contribution < 1.29 is 19.7 Å². The first-order valence-corrected chi connectivity index (χ1v) is 6.84. The second-order valence-electron chi connectivity index (χ2n) is 5.57. The van der Waals surface area contributed by atoms with Crippen molar-refractivity contribution in [3.8, 4) is 0 Å².